The van der Waals surface area contributed by atoms with E-state index in [1.807, 2.05) is 31.2 Å². The van der Waals surface area contributed by atoms with Gasteiger partial charge in [0.1, 0.15) is 5.75 Å². The molecule has 4 nitrogen and oxygen atoms in total. The number of ether oxygens (including phenoxy) is 1. The number of hydrogen-bond donors (Lipinski definition) is 1. The van der Waals surface area contributed by atoms with E-state index in [-0.39, 0.29) is 17.8 Å². The van der Waals surface area contributed by atoms with Gasteiger partial charge in [0.05, 0.1) is 18.1 Å². The second-order valence-corrected chi connectivity index (χ2v) is 7.66. The molecular formula is C14H21NO3S. The lowest BCUT2D eigenvalue weighted by atomic mass is 10.0. The summed E-state index contributed by atoms with van der Waals surface area (Å²) in [7, 11) is -1.42. The number of nitrogens with one attached hydrogen (secondary N) is 1. The molecule has 1 saturated heterocycles. The summed E-state index contributed by atoms with van der Waals surface area (Å²) in [6.07, 6.45) is 0.666. The number of sulfone groups is 1. The van der Waals surface area contributed by atoms with Crippen LogP contribution in [0.3, 0.4) is 0 Å². The van der Waals surface area contributed by atoms with E-state index in [9.17, 15) is 8.42 Å². The average Bonchev–Trinajstić information content (AvgIpc) is 2.51. The van der Waals surface area contributed by atoms with Crippen LogP contribution >= 0.6 is 0 Å². The van der Waals surface area contributed by atoms with Crippen molar-refractivity contribution in [3.63, 3.8) is 0 Å². The predicted octanol–water partition coefficient (Wildman–Crippen LogP) is 1.92. The summed E-state index contributed by atoms with van der Waals surface area (Å²) in [6, 6.07) is 7.64. The zero-order valence-electron chi connectivity index (χ0n) is 11.6. The summed E-state index contributed by atoms with van der Waals surface area (Å²) in [5, 5.41) is 3.01. The highest BCUT2D eigenvalue weighted by Crippen LogP contribution is 2.28. The summed E-state index contributed by atoms with van der Waals surface area (Å²) >= 11 is 0. The molecule has 1 aliphatic rings. The van der Waals surface area contributed by atoms with Crippen LogP contribution in [0.4, 0.5) is 0 Å². The third-order valence-corrected chi connectivity index (χ3v) is 6.02. The fourth-order valence-electron chi connectivity index (χ4n) is 2.44. The molecule has 0 amide bonds. The van der Waals surface area contributed by atoms with Gasteiger partial charge in [-0.05, 0) is 38.0 Å². The van der Waals surface area contributed by atoms with Gasteiger partial charge in [0.25, 0.3) is 0 Å². The Morgan fingerprint density at radius 3 is 2.42 bits per heavy atom. The Balaban J connectivity index is 2.33. The number of benzene rings is 1. The molecule has 0 radical (unpaired) electrons. The first-order valence-corrected chi connectivity index (χ1v) is 8.27. The van der Waals surface area contributed by atoms with Gasteiger partial charge in [-0.1, -0.05) is 12.1 Å². The van der Waals surface area contributed by atoms with Crippen molar-refractivity contribution in [3.05, 3.63) is 29.8 Å². The van der Waals surface area contributed by atoms with Crippen molar-refractivity contribution >= 4 is 9.84 Å². The van der Waals surface area contributed by atoms with Gasteiger partial charge in [0.15, 0.2) is 9.84 Å². The van der Waals surface area contributed by atoms with E-state index < -0.39 is 15.1 Å². The lowest BCUT2D eigenvalue weighted by Crippen LogP contribution is -2.36. The van der Waals surface area contributed by atoms with Gasteiger partial charge >= 0.3 is 0 Å². The van der Waals surface area contributed by atoms with Crippen LogP contribution in [-0.4, -0.2) is 32.6 Å². The number of hydrogen-bond acceptors (Lipinski definition) is 4. The van der Waals surface area contributed by atoms with E-state index >= 15 is 0 Å². The van der Waals surface area contributed by atoms with Gasteiger partial charge in [-0.25, -0.2) is 8.42 Å². The maximum Gasteiger partial charge on any atom is 0.154 e. The Labute approximate surface area is 115 Å². The standard InChI is InChI=1S/C14H21NO3S/c1-10-8-9-19(16,17)11(2)14(15-10)12-4-6-13(18-3)7-5-12/h4-7,10-11,14-15H,8-9H2,1-3H3. The number of rotatable bonds is 2. The van der Waals surface area contributed by atoms with Crippen LogP contribution in [0.15, 0.2) is 24.3 Å². The first-order valence-electron chi connectivity index (χ1n) is 6.55. The minimum Gasteiger partial charge on any atom is -0.497 e. The normalized spacial score (nSPS) is 30.6. The van der Waals surface area contributed by atoms with Crippen molar-refractivity contribution in [1.82, 2.24) is 5.32 Å². The third kappa shape index (κ3) is 3.09. The Hall–Kier alpha value is -1.07. The van der Waals surface area contributed by atoms with Gasteiger partial charge < -0.3 is 10.1 Å². The Kier molecular flexibility index (Phi) is 4.16. The molecule has 0 spiro atoms. The molecule has 0 bridgehead atoms. The summed E-state index contributed by atoms with van der Waals surface area (Å²) in [5.41, 5.74) is 0.991. The van der Waals surface area contributed by atoms with Gasteiger partial charge in [-0.15, -0.1) is 0 Å². The van der Waals surface area contributed by atoms with Crippen LogP contribution in [0.25, 0.3) is 0 Å². The lowest BCUT2D eigenvalue weighted by molar-refractivity contribution is 0.413. The summed E-state index contributed by atoms with van der Waals surface area (Å²) < 4.78 is 29.5. The fourth-order valence-corrected chi connectivity index (χ4v) is 4.14. The molecule has 0 saturated carbocycles. The van der Waals surface area contributed by atoms with Crippen LogP contribution in [0.2, 0.25) is 0 Å². The molecule has 106 valence electrons. The van der Waals surface area contributed by atoms with Crippen molar-refractivity contribution in [2.24, 2.45) is 0 Å². The first-order chi connectivity index (χ1) is 8.94. The molecule has 5 heteroatoms. The summed E-state index contributed by atoms with van der Waals surface area (Å²) in [5.74, 6) is 1.04. The highest BCUT2D eigenvalue weighted by Gasteiger charge is 2.34. The van der Waals surface area contributed by atoms with Crippen molar-refractivity contribution in [1.29, 1.82) is 0 Å². The summed E-state index contributed by atoms with van der Waals surface area (Å²) in [6.45, 7) is 3.82. The molecule has 1 aliphatic heterocycles. The Bertz CT molecular complexity index is 524. The van der Waals surface area contributed by atoms with Crippen LogP contribution in [-0.2, 0) is 9.84 Å². The molecule has 3 unspecified atom stereocenters. The molecule has 19 heavy (non-hydrogen) atoms. The first kappa shape index (κ1) is 14.3. The minimum absolute atomic E-state index is 0.159. The Morgan fingerprint density at radius 2 is 1.84 bits per heavy atom. The maximum atomic E-state index is 12.2. The zero-order chi connectivity index (χ0) is 14.0. The van der Waals surface area contributed by atoms with E-state index in [1.54, 1.807) is 14.0 Å². The van der Waals surface area contributed by atoms with Crippen molar-refractivity contribution in [2.45, 2.75) is 37.6 Å². The fraction of sp³-hybridized carbons (Fsp3) is 0.571. The minimum atomic E-state index is -3.04. The van der Waals surface area contributed by atoms with E-state index in [0.29, 0.717) is 6.42 Å². The lowest BCUT2D eigenvalue weighted by Gasteiger charge is -2.24. The van der Waals surface area contributed by atoms with Crippen molar-refractivity contribution in [2.75, 3.05) is 12.9 Å². The highest BCUT2D eigenvalue weighted by molar-refractivity contribution is 7.92. The SMILES string of the molecule is COc1ccc(C2NC(C)CCS(=O)(=O)C2C)cc1. The molecule has 1 aromatic rings. The van der Waals surface area contributed by atoms with Crippen LogP contribution in [0.5, 0.6) is 5.75 Å². The van der Waals surface area contributed by atoms with Gasteiger partial charge in [0.2, 0.25) is 0 Å². The topological polar surface area (TPSA) is 55.4 Å². The molecule has 0 aliphatic carbocycles. The second kappa shape index (κ2) is 5.51. The van der Waals surface area contributed by atoms with Crippen molar-refractivity contribution < 1.29 is 13.2 Å². The van der Waals surface area contributed by atoms with Crippen LogP contribution < -0.4 is 10.1 Å². The molecule has 1 N–H and O–H groups in total. The highest BCUT2D eigenvalue weighted by atomic mass is 32.2. The Morgan fingerprint density at radius 1 is 1.21 bits per heavy atom. The third-order valence-electron chi connectivity index (χ3n) is 3.81. The molecule has 2 rings (SSSR count). The van der Waals surface area contributed by atoms with Gasteiger partial charge in [-0.2, -0.15) is 0 Å². The predicted molar refractivity (Wildman–Crippen MR) is 76.2 cm³/mol. The van der Waals surface area contributed by atoms with E-state index in [0.717, 1.165) is 11.3 Å². The van der Waals surface area contributed by atoms with Crippen molar-refractivity contribution in [3.8, 4) is 5.75 Å². The molecule has 1 fully saturated rings. The molecule has 0 aromatic heterocycles. The zero-order valence-corrected chi connectivity index (χ0v) is 12.4. The quantitative estimate of drug-likeness (QED) is 0.901. The summed E-state index contributed by atoms with van der Waals surface area (Å²) in [4.78, 5) is 0. The van der Waals surface area contributed by atoms with Gasteiger partial charge in [0, 0.05) is 12.1 Å². The second-order valence-electron chi connectivity index (χ2n) is 5.18. The molecule has 1 aromatic carbocycles. The largest absolute Gasteiger partial charge is 0.497 e. The average molecular weight is 283 g/mol. The number of methoxy groups -OCH3 is 1. The molecule has 1 heterocycles. The van der Waals surface area contributed by atoms with E-state index in [1.165, 1.54) is 0 Å². The van der Waals surface area contributed by atoms with E-state index in [4.69, 9.17) is 4.74 Å². The molecule has 3 atom stereocenters. The molecular weight excluding hydrogens is 262 g/mol. The maximum absolute atomic E-state index is 12.2. The van der Waals surface area contributed by atoms with Crippen LogP contribution in [0.1, 0.15) is 31.9 Å². The van der Waals surface area contributed by atoms with Gasteiger partial charge in [-0.3, -0.25) is 0 Å². The monoisotopic (exact) mass is 283 g/mol. The van der Waals surface area contributed by atoms with E-state index in [2.05, 4.69) is 5.32 Å². The van der Waals surface area contributed by atoms with Crippen LogP contribution in [0, 0.1) is 0 Å². The smallest absolute Gasteiger partial charge is 0.154 e.